The maximum Gasteiger partial charge on any atom is 0.220 e. The molecule has 3 nitrogen and oxygen atoms in total. The number of aliphatic hydroxyl groups is 1. The van der Waals surface area contributed by atoms with Crippen molar-refractivity contribution in [1.29, 1.82) is 0 Å². The zero-order valence-electron chi connectivity index (χ0n) is 21.6. The fraction of sp³-hybridized carbons (Fsp3) is 0.667. The number of carbonyl (C=O) groups excluding carboxylic acids is 1. The Balaban J connectivity index is 1.64. The molecule has 3 heteroatoms. The highest BCUT2D eigenvalue weighted by molar-refractivity contribution is 6.06. The molecule has 0 heterocycles. The van der Waals surface area contributed by atoms with Crippen LogP contribution in [0.3, 0.4) is 0 Å². The van der Waals surface area contributed by atoms with Crippen LogP contribution in [0.2, 0.25) is 0 Å². The first-order chi connectivity index (χ1) is 15.3. The molecule has 0 aliphatic heterocycles. The first-order valence-electron chi connectivity index (χ1n) is 12.9. The SMILES string of the molecule is CN=C[C@]1(C)CC[C@]2(C)CC[C@]3(C)C4=CC=C5C(=CC(=O)C(O)=C5C)[C@]4(C)CC[C@@]3(C)[C@@H]2C1. The van der Waals surface area contributed by atoms with Gasteiger partial charge >= 0.3 is 0 Å². The van der Waals surface area contributed by atoms with Gasteiger partial charge < -0.3 is 10.1 Å². The lowest BCUT2D eigenvalue weighted by Crippen LogP contribution is -2.61. The van der Waals surface area contributed by atoms with Gasteiger partial charge in [0, 0.05) is 29.7 Å². The van der Waals surface area contributed by atoms with Crippen LogP contribution in [-0.4, -0.2) is 24.2 Å². The number of allylic oxidation sites excluding steroid dienone is 7. The third kappa shape index (κ3) is 2.80. The number of aliphatic hydroxyl groups excluding tert-OH is 1. The van der Waals surface area contributed by atoms with Crippen LogP contribution in [0.4, 0.5) is 0 Å². The first kappa shape index (κ1) is 22.9. The van der Waals surface area contributed by atoms with Crippen molar-refractivity contribution in [3.05, 3.63) is 46.3 Å². The molecule has 3 saturated carbocycles. The van der Waals surface area contributed by atoms with E-state index in [1.54, 1.807) is 6.08 Å². The maximum atomic E-state index is 12.6. The van der Waals surface area contributed by atoms with Crippen LogP contribution in [0.15, 0.2) is 51.3 Å². The lowest BCUT2D eigenvalue weighted by atomic mass is 9.34. The maximum absolute atomic E-state index is 12.6. The molecule has 5 aliphatic rings. The van der Waals surface area contributed by atoms with Crippen molar-refractivity contribution < 1.29 is 9.90 Å². The van der Waals surface area contributed by atoms with Gasteiger partial charge in [0.25, 0.3) is 0 Å². The Morgan fingerprint density at radius 3 is 2.39 bits per heavy atom. The Morgan fingerprint density at radius 2 is 1.70 bits per heavy atom. The molecule has 0 aromatic carbocycles. The summed E-state index contributed by atoms with van der Waals surface area (Å²) in [6.45, 7) is 14.3. The molecule has 0 unspecified atom stereocenters. The lowest BCUT2D eigenvalue weighted by Gasteiger charge is -2.70. The largest absolute Gasteiger partial charge is 0.504 e. The van der Waals surface area contributed by atoms with Gasteiger partial charge in [0.2, 0.25) is 5.78 Å². The van der Waals surface area contributed by atoms with Gasteiger partial charge in [-0.1, -0.05) is 52.3 Å². The second-order valence-corrected chi connectivity index (χ2v) is 13.1. The summed E-state index contributed by atoms with van der Waals surface area (Å²) in [6, 6.07) is 0. The summed E-state index contributed by atoms with van der Waals surface area (Å²) in [5, 5.41) is 10.3. The molecule has 0 radical (unpaired) electrons. The van der Waals surface area contributed by atoms with Crippen LogP contribution in [0, 0.1) is 33.0 Å². The average Bonchev–Trinajstić information content (AvgIpc) is 2.76. The number of rotatable bonds is 1. The number of fused-ring (bicyclic) bond motifs is 7. The van der Waals surface area contributed by atoms with Gasteiger partial charge in [-0.05, 0) is 91.3 Å². The summed E-state index contributed by atoms with van der Waals surface area (Å²) >= 11 is 0. The summed E-state index contributed by atoms with van der Waals surface area (Å²) < 4.78 is 0. The van der Waals surface area contributed by atoms with Gasteiger partial charge in [0.15, 0.2) is 5.76 Å². The number of aliphatic imine (C=N–C) groups is 1. The van der Waals surface area contributed by atoms with E-state index in [0.717, 1.165) is 23.1 Å². The molecule has 0 spiro atoms. The number of hydrogen-bond donors (Lipinski definition) is 1. The monoisotopic (exact) mass is 447 g/mol. The quantitative estimate of drug-likeness (QED) is 0.428. The molecular weight excluding hydrogens is 406 g/mol. The van der Waals surface area contributed by atoms with Gasteiger partial charge in [-0.3, -0.25) is 4.79 Å². The highest BCUT2D eigenvalue weighted by Gasteiger charge is 2.66. The van der Waals surface area contributed by atoms with Crippen LogP contribution >= 0.6 is 0 Å². The standard InChI is InChI=1S/C30H41NO2/c1-19-20-8-9-23-28(4,21(20)16-22(32)25(19)33)13-15-30(6)24-17-26(2,18-31-7)10-11-27(24,3)12-14-29(23,30)5/h8-9,16,18,24,33H,10-15,17H2,1-7H3/t24-,26-,27-,28+,29-,30+/m1/s1. The van der Waals surface area contributed by atoms with Crippen molar-refractivity contribution in [3.63, 3.8) is 0 Å². The zero-order valence-corrected chi connectivity index (χ0v) is 21.6. The molecule has 3 fully saturated rings. The molecule has 0 saturated heterocycles. The van der Waals surface area contributed by atoms with Crippen molar-refractivity contribution in [1.82, 2.24) is 0 Å². The van der Waals surface area contributed by atoms with Gasteiger partial charge in [-0.2, -0.15) is 0 Å². The molecule has 33 heavy (non-hydrogen) atoms. The zero-order chi connectivity index (χ0) is 24.0. The molecule has 5 aliphatic carbocycles. The van der Waals surface area contributed by atoms with Crippen LogP contribution in [0.5, 0.6) is 0 Å². The Labute approximate surface area is 199 Å². The van der Waals surface area contributed by atoms with Crippen molar-refractivity contribution >= 4 is 12.0 Å². The van der Waals surface area contributed by atoms with Crippen molar-refractivity contribution in [2.24, 2.45) is 38.0 Å². The van der Waals surface area contributed by atoms with E-state index in [1.807, 2.05) is 14.0 Å². The van der Waals surface area contributed by atoms with Crippen molar-refractivity contribution in [3.8, 4) is 0 Å². The minimum Gasteiger partial charge on any atom is -0.504 e. The second-order valence-electron chi connectivity index (χ2n) is 13.1. The molecule has 0 aromatic heterocycles. The van der Waals surface area contributed by atoms with E-state index in [2.05, 4.69) is 58.0 Å². The summed E-state index contributed by atoms with van der Waals surface area (Å²) in [7, 11) is 1.92. The van der Waals surface area contributed by atoms with Gasteiger partial charge in [-0.25, -0.2) is 0 Å². The van der Waals surface area contributed by atoms with E-state index in [0.29, 0.717) is 11.3 Å². The fourth-order valence-corrected chi connectivity index (χ4v) is 8.91. The highest BCUT2D eigenvalue weighted by Crippen LogP contribution is 2.75. The number of nitrogens with zero attached hydrogens (tertiary/aromatic N) is 1. The van der Waals surface area contributed by atoms with Gasteiger partial charge in [0.05, 0.1) is 0 Å². The third-order valence-corrected chi connectivity index (χ3v) is 11.3. The first-order valence-corrected chi connectivity index (χ1v) is 12.9. The van der Waals surface area contributed by atoms with Gasteiger partial charge in [-0.15, -0.1) is 0 Å². The Hall–Kier alpha value is -1.90. The summed E-state index contributed by atoms with van der Waals surface area (Å²) in [5.74, 6) is 0.326. The third-order valence-electron chi connectivity index (χ3n) is 11.3. The minimum absolute atomic E-state index is 0.0921. The lowest BCUT2D eigenvalue weighted by molar-refractivity contribution is -0.153. The molecule has 1 N–H and O–H groups in total. The molecule has 0 bridgehead atoms. The Bertz CT molecular complexity index is 1090. The average molecular weight is 448 g/mol. The van der Waals surface area contributed by atoms with E-state index in [4.69, 9.17) is 0 Å². The highest BCUT2D eigenvalue weighted by atomic mass is 16.3. The number of carbonyl (C=O) groups is 1. The normalized spacial score (nSPS) is 47.2. The van der Waals surface area contributed by atoms with Crippen LogP contribution in [0.1, 0.15) is 86.5 Å². The van der Waals surface area contributed by atoms with Crippen molar-refractivity contribution in [2.75, 3.05) is 7.05 Å². The smallest absolute Gasteiger partial charge is 0.220 e. The van der Waals surface area contributed by atoms with E-state index >= 15 is 0 Å². The molecular formula is C30H41NO2. The predicted octanol–water partition coefficient (Wildman–Crippen LogP) is 7.31. The van der Waals surface area contributed by atoms with Crippen molar-refractivity contribution in [2.45, 2.75) is 86.5 Å². The van der Waals surface area contributed by atoms with E-state index in [1.165, 1.54) is 44.1 Å². The van der Waals surface area contributed by atoms with E-state index < -0.39 is 0 Å². The number of ketones is 1. The minimum atomic E-state index is -0.237. The molecule has 0 amide bonds. The summed E-state index contributed by atoms with van der Waals surface area (Å²) in [4.78, 5) is 17.1. The fourth-order valence-electron chi connectivity index (χ4n) is 8.91. The van der Waals surface area contributed by atoms with Crippen LogP contribution < -0.4 is 0 Å². The second kappa shape index (κ2) is 6.83. The van der Waals surface area contributed by atoms with E-state index in [-0.39, 0.29) is 33.2 Å². The summed E-state index contributed by atoms with van der Waals surface area (Å²) in [5.41, 5.74) is 5.16. The Kier molecular flexibility index (Phi) is 4.73. The molecule has 0 aromatic rings. The van der Waals surface area contributed by atoms with Crippen LogP contribution in [-0.2, 0) is 4.79 Å². The number of hydrogen-bond acceptors (Lipinski definition) is 3. The summed E-state index contributed by atoms with van der Waals surface area (Å²) in [6.07, 6.45) is 17.0. The van der Waals surface area contributed by atoms with Crippen LogP contribution in [0.25, 0.3) is 0 Å². The molecule has 178 valence electrons. The molecule has 6 atom stereocenters. The molecule has 5 rings (SSSR count). The van der Waals surface area contributed by atoms with Gasteiger partial charge in [0.1, 0.15) is 0 Å². The van der Waals surface area contributed by atoms with E-state index in [9.17, 15) is 9.90 Å². The Morgan fingerprint density at radius 1 is 1.00 bits per heavy atom. The predicted molar refractivity (Wildman–Crippen MR) is 135 cm³/mol. The topological polar surface area (TPSA) is 49.7 Å².